The van der Waals surface area contributed by atoms with Gasteiger partial charge in [-0.3, -0.25) is 4.79 Å². The minimum atomic E-state index is -0.118. The summed E-state index contributed by atoms with van der Waals surface area (Å²) in [5, 5.41) is 5.99. The fourth-order valence-electron chi connectivity index (χ4n) is 2.73. The number of hydrogen-bond donors (Lipinski definition) is 2. The Morgan fingerprint density at radius 2 is 1.50 bits per heavy atom. The maximum atomic E-state index is 12.2. The molecule has 3 aromatic rings. The van der Waals surface area contributed by atoms with E-state index < -0.39 is 0 Å². The van der Waals surface area contributed by atoms with Crippen molar-refractivity contribution in [2.45, 2.75) is 33.0 Å². The van der Waals surface area contributed by atoms with Crippen LogP contribution in [-0.2, 0) is 11.4 Å². The summed E-state index contributed by atoms with van der Waals surface area (Å²) in [6.07, 6.45) is 1.14. The zero-order chi connectivity index (χ0) is 21.2. The van der Waals surface area contributed by atoms with Crippen molar-refractivity contribution in [3.05, 3.63) is 84.4 Å². The van der Waals surface area contributed by atoms with Gasteiger partial charge in [0, 0.05) is 11.4 Å². The molecule has 0 radical (unpaired) electrons. The summed E-state index contributed by atoms with van der Waals surface area (Å²) in [5.74, 6) is 1.47. The Bertz CT molecular complexity index is 909. The van der Waals surface area contributed by atoms with Crippen LogP contribution in [0.5, 0.6) is 11.5 Å². The number of anilines is 2. The molecule has 30 heavy (non-hydrogen) atoms. The molecule has 3 rings (SSSR count). The molecule has 0 aliphatic heterocycles. The number of carbonyl (C=O) groups is 1. The molecule has 156 valence electrons. The Morgan fingerprint density at radius 3 is 2.17 bits per heavy atom. The molecule has 0 fully saturated rings. The Hall–Kier alpha value is -3.47. The lowest BCUT2D eigenvalue weighted by Crippen LogP contribution is -2.21. The third-order valence-electron chi connectivity index (χ3n) is 4.61. The van der Waals surface area contributed by atoms with E-state index in [1.54, 1.807) is 0 Å². The number of amides is 1. The second-order valence-corrected chi connectivity index (χ2v) is 7.06. The summed E-state index contributed by atoms with van der Waals surface area (Å²) in [6, 6.07) is 25.0. The van der Waals surface area contributed by atoms with E-state index in [4.69, 9.17) is 9.47 Å². The SMILES string of the molecule is CCC(C)Oc1ccc(NCC(=O)Nc2ccc(OCc3ccccc3)cc2)cc1. The maximum Gasteiger partial charge on any atom is 0.243 e. The molecular weight excluding hydrogens is 376 g/mol. The minimum absolute atomic E-state index is 0.118. The van der Waals surface area contributed by atoms with Crippen molar-refractivity contribution in [3.8, 4) is 11.5 Å². The second kappa shape index (κ2) is 10.9. The average Bonchev–Trinajstić information content (AvgIpc) is 2.79. The summed E-state index contributed by atoms with van der Waals surface area (Å²) in [6.45, 7) is 4.82. The Labute approximate surface area is 178 Å². The molecular formula is C25H28N2O3. The van der Waals surface area contributed by atoms with Crippen molar-refractivity contribution in [1.82, 2.24) is 0 Å². The normalized spacial score (nSPS) is 11.4. The van der Waals surface area contributed by atoms with E-state index >= 15 is 0 Å². The van der Waals surface area contributed by atoms with Crippen LogP contribution in [0.1, 0.15) is 25.8 Å². The number of rotatable bonds is 10. The van der Waals surface area contributed by atoms with Crippen LogP contribution >= 0.6 is 0 Å². The van der Waals surface area contributed by atoms with Crippen LogP contribution in [-0.4, -0.2) is 18.6 Å². The highest BCUT2D eigenvalue weighted by atomic mass is 16.5. The van der Waals surface area contributed by atoms with E-state index in [2.05, 4.69) is 17.6 Å². The molecule has 0 aliphatic carbocycles. The number of hydrogen-bond acceptors (Lipinski definition) is 4. The molecule has 0 heterocycles. The lowest BCUT2D eigenvalue weighted by molar-refractivity contribution is -0.114. The summed E-state index contributed by atoms with van der Waals surface area (Å²) in [4.78, 5) is 12.2. The Kier molecular flexibility index (Phi) is 7.72. The molecule has 0 spiro atoms. The summed E-state index contributed by atoms with van der Waals surface area (Å²) < 4.78 is 11.5. The lowest BCUT2D eigenvalue weighted by atomic mass is 10.2. The first kappa shape index (κ1) is 21.2. The highest BCUT2D eigenvalue weighted by Crippen LogP contribution is 2.19. The molecule has 3 aromatic carbocycles. The zero-order valence-corrected chi connectivity index (χ0v) is 17.4. The van der Waals surface area contributed by atoms with Gasteiger partial charge < -0.3 is 20.1 Å². The van der Waals surface area contributed by atoms with Gasteiger partial charge >= 0.3 is 0 Å². The number of benzene rings is 3. The third kappa shape index (κ3) is 6.85. The van der Waals surface area contributed by atoms with Crippen molar-refractivity contribution in [2.24, 2.45) is 0 Å². The van der Waals surface area contributed by atoms with Gasteiger partial charge in [0.1, 0.15) is 18.1 Å². The molecule has 0 saturated carbocycles. The molecule has 5 nitrogen and oxygen atoms in total. The highest BCUT2D eigenvalue weighted by molar-refractivity contribution is 5.93. The third-order valence-corrected chi connectivity index (χ3v) is 4.61. The minimum Gasteiger partial charge on any atom is -0.491 e. The Morgan fingerprint density at radius 1 is 0.867 bits per heavy atom. The van der Waals surface area contributed by atoms with Crippen LogP contribution in [0.4, 0.5) is 11.4 Å². The van der Waals surface area contributed by atoms with Crippen molar-refractivity contribution < 1.29 is 14.3 Å². The first-order chi connectivity index (χ1) is 14.6. The van der Waals surface area contributed by atoms with Crippen LogP contribution < -0.4 is 20.1 Å². The average molecular weight is 405 g/mol. The van der Waals surface area contributed by atoms with E-state index in [0.717, 1.165) is 34.9 Å². The second-order valence-electron chi connectivity index (χ2n) is 7.06. The standard InChI is InChI=1S/C25H28N2O3/c1-3-19(2)30-24-15-9-21(10-16-24)26-17-25(28)27-22-11-13-23(14-12-22)29-18-20-7-5-4-6-8-20/h4-16,19,26H,3,17-18H2,1-2H3,(H,27,28). The maximum absolute atomic E-state index is 12.2. The molecule has 0 saturated heterocycles. The van der Waals surface area contributed by atoms with Gasteiger partial charge in [0.05, 0.1) is 12.6 Å². The molecule has 0 aromatic heterocycles. The largest absolute Gasteiger partial charge is 0.491 e. The van der Waals surface area contributed by atoms with Crippen molar-refractivity contribution in [2.75, 3.05) is 17.2 Å². The van der Waals surface area contributed by atoms with Gasteiger partial charge in [-0.1, -0.05) is 37.3 Å². The molecule has 1 atom stereocenters. The van der Waals surface area contributed by atoms with Gasteiger partial charge in [0.15, 0.2) is 0 Å². The predicted octanol–water partition coefficient (Wildman–Crippen LogP) is 5.49. The molecule has 5 heteroatoms. The predicted molar refractivity (Wildman–Crippen MR) is 121 cm³/mol. The van der Waals surface area contributed by atoms with Crippen LogP contribution in [0.3, 0.4) is 0 Å². The molecule has 2 N–H and O–H groups in total. The number of carbonyl (C=O) groups excluding carboxylic acids is 1. The van der Waals surface area contributed by atoms with Crippen molar-refractivity contribution in [1.29, 1.82) is 0 Å². The summed E-state index contributed by atoms with van der Waals surface area (Å²) in [5.41, 5.74) is 2.71. The van der Waals surface area contributed by atoms with E-state index in [-0.39, 0.29) is 18.6 Å². The Balaban J connectivity index is 1.42. The molecule has 0 bridgehead atoms. The smallest absolute Gasteiger partial charge is 0.243 e. The van der Waals surface area contributed by atoms with Crippen LogP contribution in [0.2, 0.25) is 0 Å². The van der Waals surface area contributed by atoms with E-state index in [9.17, 15) is 4.79 Å². The molecule has 0 aliphatic rings. The number of nitrogens with one attached hydrogen (secondary N) is 2. The van der Waals surface area contributed by atoms with Crippen LogP contribution in [0.25, 0.3) is 0 Å². The quantitative estimate of drug-likeness (QED) is 0.469. The van der Waals surface area contributed by atoms with Gasteiger partial charge in [-0.25, -0.2) is 0 Å². The number of ether oxygens (including phenoxy) is 2. The van der Waals surface area contributed by atoms with Gasteiger partial charge in [-0.2, -0.15) is 0 Å². The van der Waals surface area contributed by atoms with Crippen LogP contribution in [0.15, 0.2) is 78.9 Å². The highest BCUT2D eigenvalue weighted by Gasteiger charge is 2.05. The molecule has 1 amide bonds. The fraction of sp³-hybridized carbons (Fsp3) is 0.240. The van der Waals surface area contributed by atoms with Gasteiger partial charge in [-0.05, 0) is 67.4 Å². The van der Waals surface area contributed by atoms with Crippen molar-refractivity contribution >= 4 is 17.3 Å². The topological polar surface area (TPSA) is 59.6 Å². The monoisotopic (exact) mass is 404 g/mol. The van der Waals surface area contributed by atoms with Crippen LogP contribution in [0, 0.1) is 0 Å². The van der Waals surface area contributed by atoms with Gasteiger partial charge in [0.25, 0.3) is 0 Å². The summed E-state index contributed by atoms with van der Waals surface area (Å²) >= 11 is 0. The van der Waals surface area contributed by atoms with E-state index in [1.165, 1.54) is 0 Å². The van der Waals surface area contributed by atoms with Gasteiger partial charge in [0.2, 0.25) is 5.91 Å². The fourth-order valence-corrected chi connectivity index (χ4v) is 2.73. The summed E-state index contributed by atoms with van der Waals surface area (Å²) in [7, 11) is 0. The first-order valence-electron chi connectivity index (χ1n) is 10.2. The van der Waals surface area contributed by atoms with Gasteiger partial charge in [-0.15, -0.1) is 0 Å². The van der Waals surface area contributed by atoms with Crippen molar-refractivity contribution in [3.63, 3.8) is 0 Å². The molecule has 1 unspecified atom stereocenters. The zero-order valence-electron chi connectivity index (χ0n) is 17.4. The first-order valence-corrected chi connectivity index (χ1v) is 10.2. The van der Waals surface area contributed by atoms with E-state index in [0.29, 0.717) is 6.61 Å². The lowest BCUT2D eigenvalue weighted by Gasteiger charge is -2.13. The van der Waals surface area contributed by atoms with E-state index in [1.807, 2.05) is 85.8 Å².